The van der Waals surface area contributed by atoms with Crippen LogP contribution in [0.3, 0.4) is 0 Å². The third-order valence-corrected chi connectivity index (χ3v) is 1.89. The highest BCUT2D eigenvalue weighted by molar-refractivity contribution is 5.29. The Balaban J connectivity index is 2.96. The fourth-order valence-corrected chi connectivity index (χ4v) is 1.12. The van der Waals surface area contributed by atoms with Gasteiger partial charge in [0, 0.05) is 5.54 Å². The first-order chi connectivity index (χ1) is 5.91. The Bertz CT molecular complexity index is 291. The predicted octanol–water partition coefficient (Wildman–Crippen LogP) is 1.16. The average molecular weight is 181 g/mol. The summed E-state index contributed by atoms with van der Waals surface area (Å²) < 4.78 is 0. The van der Waals surface area contributed by atoms with Gasteiger partial charge in [-0.2, -0.15) is 0 Å². The van der Waals surface area contributed by atoms with Crippen LogP contribution in [0.25, 0.3) is 0 Å². The molecule has 1 aromatic rings. The van der Waals surface area contributed by atoms with Crippen LogP contribution in [0.5, 0.6) is 5.75 Å². The standard InChI is InChI=1S/C10H15NO2/c1-10(2,11)9(13)7-4-3-5-8(12)6-7/h3-6,9,12-13H,11H2,1-2H3. The van der Waals surface area contributed by atoms with E-state index in [1.54, 1.807) is 32.0 Å². The molecular formula is C10H15NO2. The highest BCUT2D eigenvalue weighted by Gasteiger charge is 2.24. The molecule has 1 unspecified atom stereocenters. The minimum atomic E-state index is -0.764. The molecule has 3 nitrogen and oxygen atoms in total. The number of nitrogens with two attached hydrogens (primary N) is 1. The van der Waals surface area contributed by atoms with Crippen LogP contribution in [0.1, 0.15) is 25.5 Å². The predicted molar refractivity (Wildman–Crippen MR) is 51.3 cm³/mol. The third-order valence-electron chi connectivity index (χ3n) is 1.89. The van der Waals surface area contributed by atoms with E-state index in [4.69, 9.17) is 5.73 Å². The van der Waals surface area contributed by atoms with Gasteiger partial charge < -0.3 is 15.9 Å². The van der Waals surface area contributed by atoms with Gasteiger partial charge >= 0.3 is 0 Å². The van der Waals surface area contributed by atoms with Crippen LogP contribution in [-0.2, 0) is 0 Å². The first-order valence-electron chi connectivity index (χ1n) is 4.17. The number of phenolic OH excluding ortho intramolecular Hbond substituents is 1. The lowest BCUT2D eigenvalue weighted by Crippen LogP contribution is -2.39. The van der Waals surface area contributed by atoms with Crippen molar-refractivity contribution in [3.05, 3.63) is 29.8 Å². The third kappa shape index (κ3) is 2.44. The fraction of sp³-hybridized carbons (Fsp3) is 0.400. The molecule has 0 spiro atoms. The second kappa shape index (κ2) is 3.36. The number of benzene rings is 1. The molecule has 0 saturated carbocycles. The second-order valence-electron chi connectivity index (χ2n) is 3.82. The molecule has 1 atom stereocenters. The molecule has 0 aliphatic carbocycles. The van der Waals surface area contributed by atoms with E-state index in [0.29, 0.717) is 5.56 Å². The normalized spacial score (nSPS) is 14.2. The van der Waals surface area contributed by atoms with Crippen molar-refractivity contribution in [3.63, 3.8) is 0 Å². The lowest BCUT2D eigenvalue weighted by Gasteiger charge is -2.26. The summed E-state index contributed by atoms with van der Waals surface area (Å²) in [6.07, 6.45) is -0.764. The van der Waals surface area contributed by atoms with E-state index in [0.717, 1.165) is 0 Å². The Morgan fingerprint density at radius 1 is 1.38 bits per heavy atom. The molecule has 0 saturated heterocycles. The molecule has 0 heterocycles. The summed E-state index contributed by atoms with van der Waals surface area (Å²) in [6, 6.07) is 6.48. The van der Waals surface area contributed by atoms with Crippen molar-refractivity contribution in [2.24, 2.45) is 5.73 Å². The fourth-order valence-electron chi connectivity index (χ4n) is 1.12. The molecule has 3 heteroatoms. The summed E-state index contributed by atoms with van der Waals surface area (Å²) >= 11 is 0. The van der Waals surface area contributed by atoms with Gasteiger partial charge in [0.15, 0.2) is 0 Å². The van der Waals surface area contributed by atoms with Gasteiger partial charge in [-0.25, -0.2) is 0 Å². The topological polar surface area (TPSA) is 66.5 Å². The SMILES string of the molecule is CC(C)(N)C(O)c1cccc(O)c1. The Kier molecular flexibility index (Phi) is 2.59. The first-order valence-corrected chi connectivity index (χ1v) is 4.17. The van der Waals surface area contributed by atoms with Gasteiger partial charge in [0.25, 0.3) is 0 Å². The number of phenols is 1. The van der Waals surface area contributed by atoms with E-state index in [1.165, 1.54) is 6.07 Å². The van der Waals surface area contributed by atoms with Gasteiger partial charge in [0.1, 0.15) is 5.75 Å². The van der Waals surface area contributed by atoms with Crippen LogP contribution < -0.4 is 5.73 Å². The van der Waals surface area contributed by atoms with Crippen molar-refractivity contribution in [1.82, 2.24) is 0 Å². The van der Waals surface area contributed by atoms with Crippen LogP contribution in [-0.4, -0.2) is 15.8 Å². The van der Waals surface area contributed by atoms with Crippen LogP contribution in [0.15, 0.2) is 24.3 Å². The molecule has 0 radical (unpaired) electrons. The molecule has 13 heavy (non-hydrogen) atoms. The largest absolute Gasteiger partial charge is 0.508 e. The summed E-state index contributed by atoms with van der Waals surface area (Å²) in [7, 11) is 0. The summed E-state index contributed by atoms with van der Waals surface area (Å²) in [6.45, 7) is 3.48. The molecule has 0 bridgehead atoms. The first kappa shape index (κ1) is 10.0. The van der Waals surface area contributed by atoms with Crippen molar-refractivity contribution in [3.8, 4) is 5.75 Å². The number of hydrogen-bond acceptors (Lipinski definition) is 3. The Labute approximate surface area is 77.8 Å². The summed E-state index contributed by atoms with van der Waals surface area (Å²) in [5.41, 5.74) is 5.66. The number of aliphatic hydroxyl groups is 1. The van der Waals surface area contributed by atoms with Crippen molar-refractivity contribution in [1.29, 1.82) is 0 Å². The summed E-state index contributed by atoms with van der Waals surface area (Å²) in [5.74, 6) is 0.140. The maximum absolute atomic E-state index is 9.75. The van der Waals surface area contributed by atoms with E-state index >= 15 is 0 Å². The van der Waals surface area contributed by atoms with Gasteiger partial charge in [-0.3, -0.25) is 0 Å². The Hall–Kier alpha value is -1.06. The average Bonchev–Trinajstić information content (AvgIpc) is 2.01. The van der Waals surface area contributed by atoms with Gasteiger partial charge in [0.05, 0.1) is 6.10 Å². The quantitative estimate of drug-likeness (QED) is 0.641. The minimum Gasteiger partial charge on any atom is -0.508 e. The highest BCUT2D eigenvalue weighted by atomic mass is 16.3. The number of aromatic hydroxyl groups is 1. The van der Waals surface area contributed by atoms with E-state index < -0.39 is 11.6 Å². The molecule has 1 aromatic carbocycles. The number of rotatable bonds is 2. The van der Waals surface area contributed by atoms with Gasteiger partial charge in [-0.15, -0.1) is 0 Å². The maximum atomic E-state index is 9.75. The van der Waals surface area contributed by atoms with Crippen LogP contribution in [0, 0.1) is 0 Å². The van der Waals surface area contributed by atoms with Crippen LogP contribution in [0.4, 0.5) is 0 Å². The van der Waals surface area contributed by atoms with Gasteiger partial charge in [0.2, 0.25) is 0 Å². The van der Waals surface area contributed by atoms with E-state index in [2.05, 4.69) is 0 Å². The zero-order valence-corrected chi connectivity index (χ0v) is 7.86. The smallest absolute Gasteiger partial charge is 0.115 e. The zero-order valence-electron chi connectivity index (χ0n) is 7.86. The van der Waals surface area contributed by atoms with E-state index in [9.17, 15) is 10.2 Å². The van der Waals surface area contributed by atoms with E-state index in [1.807, 2.05) is 0 Å². The molecule has 4 N–H and O–H groups in total. The Morgan fingerprint density at radius 2 is 2.00 bits per heavy atom. The van der Waals surface area contributed by atoms with Gasteiger partial charge in [-0.05, 0) is 31.5 Å². The molecule has 0 aromatic heterocycles. The molecule has 0 amide bonds. The monoisotopic (exact) mass is 181 g/mol. The molecule has 0 aliphatic heterocycles. The maximum Gasteiger partial charge on any atom is 0.115 e. The number of hydrogen-bond donors (Lipinski definition) is 3. The molecule has 1 rings (SSSR count). The van der Waals surface area contributed by atoms with Gasteiger partial charge in [-0.1, -0.05) is 12.1 Å². The summed E-state index contributed by atoms with van der Waals surface area (Å²) in [4.78, 5) is 0. The van der Waals surface area contributed by atoms with Crippen molar-refractivity contribution in [2.45, 2.75) is 25.5 Å². The second-order valence-corrected chi connectivity index (χ2v) is 3.82. The van der Waals surface area contributed by atoms with Crippen LogP contribution >= 0.6 is 0 Å². The molecular weight excluding hydrogens is 166 g/mol. The zero-order chi connectivity index (χ0) is 10.1. The number of aliphatic hydroxyl groups excluding tert-OH is 1. The van der Waals surface area contributed by atoms with E-state index in [-0.39, 0.29) is 5.75 Å². The lowest BCUT2D eigenvalue weighted by atomic mass is 9.92. The van der Waals surface area contributed by atoms with Crippen LogP contribution in [0.2, 0.25) is 0 Å². The van der Waals surface area contributed by atoms with Crippen molar-refractivity contribution >= 4 is 0 Å². The molecule has 0 fully saturated rings. The van der Waals surface area contributed by atoms with Crippen molar-refractivity contribution < 1.29 is 10.2 Å². The van der Waals surface area contributed by atoms with Crippen molar-refractivity contribution in [2.75, 3.05) is 0 Å². The summed E-state index contributed by atoms with van der Waals surface area (Å²) in [5, 5.41) is 18.9. The lowest BCUT2D eigenvalue weighted by molar-refractivity contribution is 0.104. The minimum absolute atomic E-state index is 0.140. The highest BCUT2D eigenvalue weighted by Crippen LogP contribution is 2.25. The molecule has 72 valence electrons. The Morgan fingerprint density at radius 3 is 2.46 bits per heavy atom. The molecule has 0 aliphatic rings.